The molecule has 1 aromatic carbocycles. The third kappa shape index (κ3) is 1.43. The molecule has 1 aromatic heterocycles. The summed E-state index contributed by atoms with van der Waals surface area (Å²) in [4.78, 5) is 2.59. The number of rotatable bonds is 1. The Balaban J connectivity index is 1.72. The van der Waals surface area contributed by atoms with E-state index in [2.05, 4.69) is 46.4 Å². The number of hydrogen-bond acceptors (Lipinski definition) is 2. The molecule has 2 atom stereocenters. The number of H-pyrrole nitrogens is 1. The maximum absolute atomic E-state index is 4.60. The lowest BCUT2D eigenvalue weighted by Gasteiger charge is -2.35. The smallest absolute Gasteiger partial charge is 0.0732 e. The molecule has 0 aliphatic carbocycles. The molecule has 94 valence electrons. The molecule has 2 aliphatic heterocycles. The van der Waals surface area contributed by atoms with Crippen LogP contribution in [0.15, 0.2) is 24.3 Å². The highest BCUT2D eigenvalue weighted by molar-refractivity contribution is 5.81. The van der Waals surface area contributed by atoms with Crippen LogP contribution in [0.2, 0.25) is 0 Å². The molecule has 2 fully saturated rings. The fraction of sp³-hybridized carbons (Fsp3) is 0.533. The largest absolute Gasteiger partial charge is 0.300 e. The van der Waals surface area contributed by atoms with Gasteiger partial charge in [-0.05, 0) is 38.8 Å². The Labute approximate surface area is 107 Å². The summed E-state index contributed by atoms with van der Waals surface area (Å²) in [6, 6.07) is 10.1. The summed E-state index contributed by atoms with van der Waals surface area (Å²) in [7, 11) is 2.29. The van der Waals surface area contributed by atoms with Gasteiger partial charge in [0.15, 0.2) is 0 Å². The number of aromatic amines is 1. The highest BCUT2D eigenvalue weighted by Crippen LogP contribution is 2.42. The second-order valence-corrected chi connectivity index (χ2v) is 5.87. The molecule has 0 radical (unpaired) electrons. The fourth-order valence-electron chi connectivity index (χ4n) is 3.93. The van der Waals surface area contributed by atoms with Crippen LogP contribution >= 0.6 is 0 Å². The molecule has 2 bridgehead atoms. The van der Waals surface area contributed by atoms with Crippen molar-refractivity contribution in [3.8, 4) is 0 Å². The zero-order valence-corrected chi connectivity index (χ0v) is 10.8. The lowest BCUT2D eigenvalue weighted by Crippen LogP contribution is -2.39. The van der Waals surface area contributed by atoms with Crippen molar-refractivity contribution in [1.29, 1.82) is 0 Å². The molecule has 2 aliphatic rings. The third-order valence-corrected chi connectivity index (χ3v) is 4.98. The van der Waals surface area contributed by atoms with Gasteiger partial charge in [0.05, 0.1) is 11.2 Å². The van der Waals surface area contributed by atoms with Crippen LogP contribution in [0, 0.1) is 0 Å². The molecule has 1 N–H and O–H groups in total. The monoisotopic (exact) mass is 241 g/mol. The van der Waals surface area contributed by atoms with Gasteiger partial charge in [-0.15, -0.1) is 0 Å². The van der Waals surface area contributed by atoms with Crippen molar-refractivity contribution in [2.75, 3.05) is 7.05 Å². The minimum atomic E-state index is 0.648. The summed E-state index contributed by atoms with van der Waals surface area (Å²) >= 11 is 0. The quantitative estimate of drug-likeness (QED) is 0.832. The summed E-state index contributed by atoms with van der Waals surface area (Å²) in [6.07, 6.45) is 5.31. The first kappa shape index (κ1) is 10.6. The number of nitrogens with one attached hydrogen (secondary N) is 1. The van der Waals surface area contributed by atoms with E-state index in [4.69, 9.17) is 0 Å². The van der Waals surface area contributed by atoms with Crippen LogP contribution in [0.25, 0.3) is 10.9 Å². The zero-order valence-electron chi connectivity index (χ0n) is 10.8. The number of nitrogens with zero attached hydrogens (tertiary/aromatic N) is 2. The van der Waals surface area contributed by atoms with E-state index in [-0.39, 0.29) is 0 Å². The van der Waals surface area contributed by atoms with Crippen LogP contribution in [0.5, 0.6) is 0 Å². The SMILES string of the molecule is CN1C2CCC1CC(c1n[nH]c3ccccc13)C2. The molecule has 4 rings (SSSR count). The Kier molecular flexibility index (Phi) is 2.24. The van der Waals surface area contributed by atoms with E-state index < -0.39 is 0 Å². The van der Waals surface area contributed by atoms with Gasteiger partial charge in [-0.25, -0.2) is 0 Å². The summed E-state index contributed by atoms with van der Waals surface area (Å²) in [5.41, 5.74) is 2.48. The summed E-state index contributed by atoms with van der Waals surface area (Å²) in [6.45, 7) is 0. The lowest BCUT2D eigenvalue weighted by atomic mass is 9.87. The van der Waals surface area contributed by atoms with Gasteiger partial charge < -0.3 is 4.90 Å². The van der Waals surface area contributed by atoms with Gasteiger partial charge >= 0.3 is 0 Å². The van der Waals surface area contributed by atoms with Gasteiger partial charge in [-0.2, -0.15) is 5.10 Å². The highest BCUT2D eigenvalue weighted by atomic mass is 15.2. The predicted octanol–water partition coefficient (Wildman–Crippen LogP) is 2.90. The summed E-state index contributed by atoms with van der Waals surface area (Å²) in [5.74, 6) is 0.648. The normalized spacial score (nSPS) is 32.2. The van der Waals surface area contributed by atoms with Gasteiger partial charge in [0, 0.05) is 23.4 Å². The van der Waals surface area contributed by atoms with Crippen molar-refractivity contribution in [1.82, 2.24) is 15.1 Å². The minimum Gasteiger partial charge on any atom is -0.300 e. The molecule has 0 spiro atoms. The maximum Gasteiger partial charge on any atom is 0.0732 e. The van der Waals surface area contributed by atoms with Gasteiger partial charge in [0.1, 0.15) is 0 Å². The first-order valence-electron chi connectivity index (χ1n) is 6.98. The van der Waals surface area contributed by atoms with Crippen molar-refractivity contribution >= 4 is 10.9 Å². The summed E-state index contributed by atoms with van der Waals surface area (Å²) in [5, 5.41) is 9.11. The Bertz CT molecular complexity index is 560. The van der Waals surface area contributed by atoms with Crippen molar-refractivity contribution in [3.63, 3.8) is 0 Å². The lowest BCUT2D eigenvalue weighted by molar-refractivity contribution is 0.161. The second-order valence-electron chi connectivity index (χ2n) is 5.87. The topological polar surface area (TPSA) is 31.9 Å². The molecule has 2 unspecified atom stereocenters. The van der Waals surface area contributed by atoms with E-state index in [1.54, 1.807) is 0 Å². The van der Waals surface area contributed by atoms with E-state index in [1.807, 2.05) is 0 Å². The molecular formula is C15H19N3. The van der Waals surface area contributed by atoms with Gasteiger partial charge in [0.25, 0.3) is 0 Å². The van der Waals surface area contributed by atoms with Gasteiger partial charge in [-0.3, -0.25) is 5.10 Å². The highest BCUT2D eigenvalue weighted by Gasteiger charge is 2.39. The van der Waals surface area contributed by atoms with Crippen LogP contribution in [-0.2, 0) is 0 Å². The van der Waals surface area contributed by atoms with E-state index in [1.165, 1.54) is 42.3 Å². The Hall–Kier alpha value is -1.35. The average molecular weight is 241 g/mol. The van der Waals surface area contributed by atoms with Crippen LogP contribution < -0.4 is 0 Å². The van der Waals surface area contributed by atoms with Crippen LogP contribution in [0.1, 0.15) is 37.3 Å². The third-order valence-electron chi connectivity index (χ3n) is 4.98. The molecular weight excluding hydrogens is 222 g/mol. The Morgan fingerprint density at radius 2 is 1.89 bits per heavy atom. The van der Waals surface area contributed by atoms with Gasteiger partial charge in [-0.1, -0.05) is 18.2 Å². The molecule has 0 saturated carbocycles. The first-order chi connectivity index (χ1) is 8.83. The summed E-state index contributed by atoms with van der Waals surface area (Å²) < 4.78 is 0. The van der Waals surface area contributed by atoms with E-state index in [0.717, 1.165) is 12.1 Å². The molecule has 3 nitrogen and oxygen atoms in total. The maximum atomic E-state index is 4.60. The Morgan fingerprint density at radius 1 is 1.17 bits per heavy atom. The predicted molar refractivity (Wildman–Crippen MR) is 72.6 cm³/mol. The molecule has 18 heavy (non-hydrogen) atoms. The number of fused-ring (bicyclic) bond motifs is 3. The average Bonchev–Trinajstić information content (AvgIpc) is 2.88. The van der Waals surface area contributed by atoms with E-state index >= 15 is 0 Å². The van der Waals surface area contributed by atoms with Gasteiger partial charge in [0.2, 0.25) is 0 Å². The number of aromatic nitrogens is 2. The minimum absolute atomic E-state index is 0.648. The van der Waals surface area contributed by atoms with Crippen LogP contribution in [-0.4, -0.2) is 34.2 Å². The molecule has 3 heterocycles. The zero-order chi connectivity index (χ0) is 12.1. The molecule has 2 aromatic rings. The molecule has 2 saturated heterocycles. The van der Waals surface area contributed by atoms with Crippen molar-refractivity contribution in [2.45, 2.75) is 43.7 Å². The molecule has 3 heteroatoms. The van der Waals surface area contributed by atoms with E-state index in [0.29, 0.717) is 5.92 Å². The second kappa shape index (κ2) is 3.82. The van der Waals surface area contributed by atoms with Crippen molar-refractivity contribution in [3.05, 3.63) is 30.0 Å². The standard InChI is InChI=1S/C15H19N3/c1-18-11-6-7-12(18)9-10(8-11)15-13-4-2-3-5-14(13)16-17-15/h2-5,10-12H,6-9H2,1H3,(H,16,17). The number of piperidine rings is 1. The van der Waals surface area contributed by atoms with Crippen LogP contribution in [0.4, 0.5) is 0 Å². The number of hydrogen-bond donors (Lipinski definition) is 1. The number of para-hydroxylation sites is 1. The first-order valence-corrected chi connectivity index (χ1v) is 6.98. The van der Waals surface area contributed by atoms with Crippen molar-refractivity contribution in [2.24, 2.45) is 0 Å². The van der Waals surface area contributed by atoms with Crippen molar-refractivity contribution < 1.29 is 0 Å². The van der Waals surface area contributed by atoms with E-state index in [9.17, 15) is 0 Å². The van der Waals surface area contributed by atoms with Crippen LogP contribution in [0.3, 0.4) is 0 Å². The number of benzene rings is 1. The molecule has 0 amide bonds. The fourth-order valence-corrected chi connectivity index (χ4v) is 3.93. The Morgan fingerprint density at radius 3 is 2.67 bits per heavy atom.